The van der Waals surface area contributed by atoms with Crippen molar-refractivity contribution in [2.45, 2.75) is 0 Å². The highest BCUT2D eigenvalue weighted by atomic mass is 19.2. The molecule has 23 heavy (non-hydrogen) atoms. The molecule has 5 heteroatoms. The summed E-state index contributed by atoms with van der Waals surface area (Å²) in [4.78, 5) is 0. The van der Waals surface area contributed by atoms with Gasteiger partial charge in [-0.25, -0.2) is 22.0 Å². The Labute approximate surface area is 128 Å². The molecule has 0 N–H and O–H groups in total. The van der Waals surface area contributed by atoms with E-state index >= 15 is 0 Å². The molecular formula is C18H9F5. The highest BCUT2D eigenvalue weighted by Crippen LogP contribution is 2.37. The minimum atomic E-state index is -2.17. The Bertz CT molecular complexity index is 843. The molecule has 0 nitrogen and oxygen atoms in total. The van der Waals surface area contributed by atoms with Crippen LogP contribution >= 0.6 is 0 Å². The van der Waals surface area contributed by atoms with E-state index < -0.39 is 34.6 Å². The summed E-state index contributed by atoms with van der Waals surface area (Å²) in [6, 6.07) is 14.5. The number of rotatable bonds is 2. The predicted octanol–water partition coefficient (Wildman–Crippen LogP) is 5.72. The fourth-order valence-electron chi connectivity index (χ4n) is 2.41. The first-order chi connectivity index (χ1) is 11.0. The van der Waals surface area contributed by atoms with Gasteiger partial charge in [0.2, 0.25) is 5.82 Å². The van der Waals surface area contributed by atoms with Crippen molar-refractivity contribution in [3.8, 4) is 22.3 Å². The smallest absolute Gasteiger partial charge is 0.200 e. The zero-order valence-electron chi connectivity index (χ0n) is 11.6. The van der Waals surface area contributed by atoms with Crippen LogP contribution in [-0.2, 0) is 0 Å². The summed E-state index contributed by atoms with van der Waals surface area (Å²) in [5.41, 5.74) is -0.0179. The molecule has 0 heterocycles. The molecule has 116 valence electrons. The molecule has 0 unspecified atom stereocenters. The first kappa shape index (κ1) is 15.2. The lowest BCUT2D eigenvalue weighted by atomic mass is 9.93. The molecule has 0 saturated carbocycles. The highest BCUT2D eigenvalue weighted by molar-refractivity contribution is 5.84. The molecule has 0 aliphatic heterocycles. The van der Waals surface area contributed by atoms with E-state index in [-0.39, 0.29) is 5.56 Å². The summed E-state index contributed by atoms with van der Waals surface area (Å²) in [7, 11) is 0. The van der Waals surface area contributed by atoms with Crippen molar-refractivity contribution in [3.05, 3.63) is 83.7 Å². The number of hydrogen-bond donors (Lipinski definition) is 0. The first-order valence-electron chi connectivity index (χ1n) is 6.68. The van der Waals surface area contributed by atoms with Crippen molar-refractivity contribution in [1.82, 2.24) is 0 Å². The fraction of sp³-hybridized carbons (Fsp3) is 0. The summed E-state index contributed by atoms with van der Waals surface area (Å²) < 4.78 is 68.3. The van der Waals surface area contributed by atoms with E-state index in [4.69, 9.17) is 0 Å². The minimum Gasteiger partial charge on any atom is -0.203 e. The molecule has 0 aliphatic carbocycles. The maximum Gasteiger partial charge on any atom is 0.200 e. The Morgan fingerprint density at radius 3 is 1.43 bits per heavy atom. The van der Waals surface area contributed by atoms with Gasteiger partial charge >= 0.3 is 0 Å². The third-order valence-corrected chi connectivity index (χ3v) is 3.49. The van der Waals surface area contributed by atoms with Gasteiger partial charge in [0, 0.05) is 0 Å². The molecule has 0 aromatic heterocycles. The lowest BCUT2D eigenvalue weighted by Crippen LogP contribution is -2.04. The van der Waals surface area contributed by atoms with Crippen LogP contribution in [-0.4, -0.2) is 0 Å². The van der Waals surface area contributed by atoms with Gasteiger partial charge in [-0.2, -0.15) is 0 Å². The van der Waals surface area contributed by atoms with E-state index in [1.165, 1.54) is 12.1 Å². The number of halogens is 5. The largest absolute Gasteiger partial charge is 0.203 e. The summed E-state index contributed by atoms with van der Waals surface area (Å²) >= 11 is 0. The van der Waals surface area contributed by atoms with Crippen molar-refractivity contribution in [2.24, 2.45) is 0 Å². The maximum absolute atomic E-state index is 14.1. The van der Waals surface area contributed by atoms with Gasteiger partial charge in [0.05, 0.1) is 5.56 Å². The quantitative estimate of drug-likeness (QED) is 0.322. The van der Waals surface area contributed by atoms with E-state index in [9.17, 15) is 22.0 Å². The van der Waals surface area contributed by atoms with Gasteiger partial charge in [0.1, 0.15) is 0 Å². The second-order valence-corrected chi connectivity index (χ2v) is 4.86. The van der Waals surface area contributed by atoms with Crippen LogP contribution in [0.4, 0.5) is 22.0 Å². The van der Waals surface area contributed by atoms with Crippen LogP contribution in [0.5, 0.6) is 0 Å². The van der Waals surface area contributed by atoms with Crippen LogP contribution in [0.1, 0.15) is 0 Å². The molecule has 0 aliphatic rings. The van der Waals surface area contributed by atoms with Gasteiger partial charge in [0.15, 0.2) is 23.3 Å². The van der Waals surface area contributed by atoms with E-state index in [1.807, 2.05) is 0 Å². The second-order valence-electron chi connectivity index (χ2n) is 4.86. The van der Waals surface area contributed by atoms with Gasteiger partial charge in [-0.05, 0) is 16.7 Å². The van der Waals surface area contributed by atoms with Gasteiger partial charge in [0.25, 0.3) is 0 Å². The molecule has 0 spiro atoms. The molecule has 3 aromatic carbocycles. The Kier molecular flexibility index (Phi) is 3.86. The number of benzene rings is 3. The van der Waals surface area contributed by atoms with E-state index in [2.05, 4.69) is 0 Å². The van der Waals surface area contributed by atoms with E-state index in [0.717, 1.165) is 0 Å². The van der Waals surface area contributed by atoms with E-state index in [1.54, 1.807) is 42.5 Å². The summed E-state index contributed by atoms with van der Waals surface area (Å²) in [5, 5.41) is 0. The fourth-order valence-corrected chi connectivity index (χ4v) is 2.41. The maximum atomic E-state index is 14.1. The second kappa shape index (κ2) is 5.83. The molecule has 3 aromatic rings. The minimum absolute atomic E-state index is 0.0634. The van der Waals surface area contributed by atoms with Crippen molar-refractivity contribution in [1.29, 1.82) is 0 Å². The van der Waals surface area contributed by atoms with Crippen molar-refractivity contribution < 1.29 is 22.0 Å². The van der Waals surface area contributed by atoms with Crippen LogP contribution in [0, 0.1) is 29.1 Å². The monoisotopic (exact) mass is 320 g/mol. The van der Waals surface area contributed by atoms with Crippen LogP contribution in [0.25, 0.3) is 22.3 Å². The standard InChI is InChI=1S/C18H9F5/c19-14-13(15(20)17(22)18(23)16(14)21)12-9-5-4-8-11(12)10-6-2-1-3-7-10/h1-9H. The van der Waals surface area contributed by atoms with Crippen molar-refractivity contribution in [3.63, 3.8) is 0 Å². The van der Waals surface area contributed by atoms with Gasteiger partial charge in [-0.1, -0.05) is 54.6 Å². The van der Waals surface area contributed by atoms with Gasteiger partial charge in [-0.3, -0.25) is 0 Å². The lowest BCUT2D eigenvalue weighted by Gasteiger charge is -2.13. The first-order valence-corrected chi connectivity index (χ1v) is 6.68. The van der Waals surface area contributed by atoms with Crippen LogP contribution < -0.4 is 0 Å². The molecule has 0 fully saturated rings. The molecule has 0 radical (unpaired) electrons. The molecular weight excluding hydrogens is 311 g/mol. The number of hydrogen-bond acceptors (Lipinski definition) is 0. The average molecular weight is 320 g/mol. The lowest BCUT2D eigenvalue weighted by molar-refractivity contribution is 0.381. The Balaban J connectivity index is 2.34. The highest BCUT2D eigenvalue weighted by Gasteiger charge is 2.27. The molecule has 0 bridgehead atoms. The predicted molar refractivity (Wildman–Crippen MR) is 77.1 cm³/mol. The van der Waals surface area contributed by atoms with Crippen LogP contribution in [0.15, 0.2) is 54.6 Å². The Hall–Kier alpha value is -2.69. The molecule has 0 atom stereocenters. The molecule has 0 saturated heterocycles. The Morgan fingerprint density at radius 1 is 0.435 bits per heavy atom. The zero-order valence-corrected chi connectivity index (χ0v) is 11.6. The van der Waals surface area contributed by atoms with Gasteiger partial charge in [-0.15, -0.1) is 0 Å². The summed E-state index contributed by atoms with van der Waals surface area (Å²) in [6.07, 6.45) is 0. The topological polar surface area (TPSA) is 0 Å². The van der Waals surface area contributed by atoms with Crippen molar-refractivity contribution >= 4 is 0 Å². The summed E-state index contributed by atoms with van der Waals surface area (Å²) in [5.74, 6) is -9.76. The molecule has 3 rings (SSSR count). The summed E-state index contributed by atoms with van der Waals surface area (Å²) in [6.45, 7) is 0. The van der Waals surface area contributed by atoms with Gasteiger partial charge < -0.3 is 0 Å². The van der Waals surface area contributed by atoms with Crippen LogP contribution in [0.2, 0.25) is 0 Å². The van der Waals surface area contributed by atoms with Crippen LogP contribution in [0.3, 0.4) is 0 Å². The Morgan fingerprint density at radius 2 is 0.870 bits per heavy atom. The third-order valence-electron chi connectivity index (χ3n) is 3.49. The normalized spacial score (nSPS) is 10.8. The molecule has 0 amide bonds. The average Bonchev–Trinajstić information content (AvgIpc) is 2.60. The zero-order chi connectivity index (χ0) is 16.6. The third kappa shape index (κ3) is 2.48. The van der Waals surface area contributed by atoms with E-state index in [0.29, 0.717) is 11.1 Å². The van der Waals surface area contributed by atoms with Crippen molar-refractivity contribution in [2.75, 3.05) is 0 Å². The SMILES string of the molecule is Fc1c(F)c(F)c(-c2ccccc2-c2ccccc2)c(F)c1F.